The summed E-state index contributed by atoms with van der Waals surface area (Å²) in [5.41, 5.74) is 7.96. The van der Waals surface area contributed by atoms with Gasteiger partial charge in [0.2, 0.25) is 0 Å². The van der Waals surface area contributed by atoms with E-state index in [-0.39, 0.29) is 5.60 Å². The Balaban J connectivity index is 1.77. The Kier molecular flexibility index (Phi) is 3.33. The van der Waals surface area contributed by atoms with Crippen LogP contribution in [-0.2, 0) is 0 Å². The summed E-state index contributed by atoms with van der Waals surface area (Å²) in [4.78, 5) is 2.43. The van der Waals surface area contributed by atoms with Gasteiger partial charge in [0.25, 0.3) is 0 Å². The second-order valence-corrected chi connectivity index (χ2v) is 5.62. The Labute approximate surface area is 115 Å². The summed E-state index contributed by atoms with van der Waals surface area (Å²) >= 11 is 0. The molecule has 0 bridgehead atoms. The van der Waals surface area contributed by atoms with E-state index in [0.717, 1.165) is 44.8 Å². The largest absolute Gasteiger partial charge is 0.482 e. The highest BCUT2D eigenvalue weighted by molar-refractivity contribution is 5.63. The van der Waals surface area contributed by atoms with E-state index in [9.17, 15) is 0 Å². The van der Waals surface area contributed by atoms with E-state index in [1.807, 2.05) is 0 Å². The van der Waals surface area contributed by atoms with Gasteiger partial charge in [-0.3, -0.25) is 0 Å². The summed E-state index contributed by atoms with van der Waals surface area (Å²) in [5.74, 6) is 1.07. The Morgan fingerprint density at radius 1 is 1.32 bits per heavy atom. The average molecular weight is 258 g/mol. The van der Waals surface area contributed by atoms with Gasteiger partial charge in [-0.05, 0) is 18.6 Å². The maximum Gasteiger partial charge on any atom is 0.130 e. The van der Waals surface area contributed by atoms with Crippen LogP contribution in [0.5, 0.6) is 5.75 Å². The van der Waals surface area contributed by atoms with Crippen LogP contribution in [0.1, 0.15) is 24.0 Å². The standard InChI is InChI=1S/C16H22N2O/c1-13-3-2-4-14-5-6-16(19-15(13)14)7-10-18(11-8-16)12-9-17/h2-6H,7-12,17H2,1H3. The van der Waals surface area contributed by atoms with Gasteiger partial charge in [0.15, 0.2) is 0 Å². The number of hydrogen-bond donors (Lipinski definition) is 1. The first-order chi connectivity index (χ1) is 9.22. The molecule has 19 heavy (non-hydrogen) atoms. The van der Waals surface area contributed by atoms with Crippen LogP contribution in [0.4, 0.5) is 0 Å². The summed E-state index contributed by atoms with van der Waals surface area (Å²) in [6.07, 6.45) is 6.59. The first-order valence-electron chi connectivity index (χ1n) is 7.13. The number of ether oxygens (including phenoxy) is 1. The summed E-state index contributed by atoms with van der Waals surface area (Å²) in [6, 6.07) is 6.33. The number of nitrogens with zero attached hydrogens (tertiary/aromatic N) is 1. The monoisotopic (exact) mass is 258 g/mol. The van der Waals surface area contributed by atoms with E-state index in [4.69, 9.17) is 10.5 Å². The minimum absolute atomic E-state index is 0.0930. The topological polar surface area (TPSA) is 38.5 Å². The van der Waals surface area contributed by atoms with E-state index in [1.165, 1.54) is 11.1 Å². The van der Waals surface area contributed by atoms with Crippen LogP contribution in [-0.4, -0.2) is 36.7 Å². The van der Waals surface area contributed by atoms with E-state index >= 15 is 0 Å². The van der Waals surface area contributed by atoms with Gasteiger partial charge < -0.3 is 15.4 Å². The zero-order chi connectivity index (χ0) is 13.3. The molecule has 0 atom stereocenters. The first-order valence-corrected chi connectivity index (χ1v) is 7.13. The fourth-order valence-electron chi connectivity index (χ4n) is 3.03. The van der Waals surface area contributed by atoms with Crippen LogP contribution in [0.25, 0.3) is 6.08 Å². The second-order valence-electron chi connectivity index (χ2n) is 5.62. The molecular weight excluding hydrogens is 236 g/mol. The van der Waals surface area contributed by atoms with Gasteiger partial charge >= 0.3 is 0 Å². The summed E-state index contributed by atoms with van der Waals surface area (Å²) < 4.78 is 6.37. The van der Waals surface area contributed by atoms with Crippen LogP contribution in [0.3, 0.4) is 0 Å². The smallest absolute Gasteiger partial charge is 0.130 e. The summed E-state index contributed by atoms with van der Waals surface area (Å²) in [5, 5.41) is 0. The van der Waals surface area contributed by atoms with Gasteiger partial charge in [0.1, 0.15) is 11.4 Å². The zero-order valence-corrected chi connectivity index (χ0v) is 11.6. The van der Waals surface area contributed by atoms with Crippen LogP contribution in [0, 0.1) is 6.92 Å². The van der Waals surface area contributed by atoms with Crippen LogP contribution in [0.15, 0.2) is 24.3 Å². The molecule has 102 valence electrons. The number of nitrogens with two attached hydrogens (primary N) is 1. The molecule has 3 rings (SSSR count). The Morgan fingerprint density at radius 3 is 2.84 bits per heavy atom. The highest BCUT2D eigenvalue weighted by atomic mass is 16.5. The average Bonchev–Trinajstić information content (AvgIpc) is 2.43. The molecule has 0 saturated carbocycles. The normalized spacial score (nSPS) is 21.2. The molecule has 1 spiro atoms. The maximum atomic E-state index is 6.37. The van der Waals surface area contributed by atoms with Gasteiger partial charge in [0, 0.05) is 44.6 Å². The SMILES string of the molecule is Cc1cccc2c1OC1(C=C2)CCN(CCN)CC1. The highest BCUT2D eigenvalue weighted by Crippen LogP contribution is 2.38. The van der Waals surface area contributed by atoms with Crippen molar-refractivity contribution in [2.75, 3.05) is 26.2 Å². The predicted molar refractivity (Wildman–Crippen MR) is 78.3 cm³/mol. The highest BCUT2D eigenvalue weighted by Gasteiger charge is 2.36. The number of hydrogen-bond acceptors (Lipinski definition) is 3. The number of rotatable bonds is 2. The summed E-state index contributed by atoms with van der Waals surface area (Å²) in [7, 11) is 0. The zero-order valence-electron chi connectivity index (χ0n) is 11.6. The second kappa shape index (κ2) is 4.99. The van der Waals surface area contributed by atoms with Crippen molar-refractivity contribution < 1.29 is 4.74 Å². The van der Waals surface area contributed by atoms with Crippen molar-refractivity contribution in [3.8, 4) is 5.75 Å². The third-order valence-corrected chi connectivity index (χ3v) is 4.26. The lowest BCUT2D eigenvalue weighted by atomic mass is 9.87. The van der Waals surface area contributed by atoms with Crippen molar-refractivity contribution in [1.82, 2.24) is 4.90 Å². The number of benzene rings is 1. The summed E-state index contributed by atoms with van der Waals surface area (Å²) in [6.45, 7) is 6.00. The molecule has 0 radical (unpaired) electrons. The van der Waals surface area contributed by atoms with Crippen molar-refractivity contribution in [1.29, 1.82) is 0 Å². The van der Waals surface area contributed by atoms with Gasteiger partial charge in [0.05, 0.1) is 0 Å². The molecule has 1 aromatic carbocycles. The first kappa shape index (κ1) is 12.7. The quantitative estimate of drug-likeness (QED) is 0.883. The van der Waals surface area contributed by atoms with Crippen molar-refractivity contribution in [3.63, 3.8) is 0 Å². The van der Waals surface area contributed by atoms with E-state index in [1.54, 1.807) is 0 Å². The molecule has 1 fully saturated rings. The predicted octanol–water partition coefficient (Wildman–Crippen LogP) is 2.19. The van der Waals surface area contributed by atoms with Crippen LogP contribution in [0.2, 0.25) is 0 Å². The molecule has 2 heterocycles. The molecule has 1 saturated heterocycles. The number of likely N-dealkylation sites (tertiary alicyclic amines) is 1. The molecule has 2 N–H and O–H groups in total. The fraction of sp³-hybridized carbons (Fsp3) is 0.500. The number of aryl methyl sites for hydroxylation is 1. The number of piperidine rings is 1. The van der Waals surface area contributed by atoms with E-state index < -0.39 is 0 Å². The molecule has 0 amide bonds. The lowest BCUT2D eigenvalue weighted by Gasteiger charge is -2.42. The Bertz CT molecular complexity index is 488. The molecule has 0 aliphatic carbocycles. The minimum atomic E-state index is -0.0930. The van der Waals surface area contributed by atoms with Crippen molar-refractivity contribution >= 4 is 6.08 Å². The van der Waals surface area contributed by atoms with Crippen molar-refractivity contribution in [2.24, 2.45) is 5.73 Å². The molecule has 2 aliphatic heterocycles. The molecule has 3 heteroatoms. The van der Waals surface area contributed by atoms with E-state index in [2.05, 4.69) is 42.2 Å². The lowest BCUT2D eigenvalue weighted by Crippen LogP contribution is -2.48. The maximum absolute atomic E-state index is 6.37. The number of fused-ring (bicyclic) bond motifs is 1. The van der Waals surface area contributed by atoms with Crippen LogP contribution >= 0.6 is 0 Å². The molecular formula is C16H22N2O. The van der Waals surface area contributed by atoms with E-state index in [0.29, 0.717) is 0 Å². The molecule has 3 nitrogen and oxygen atoms in total. The minimum Gasteiger partial charge on any atom is -0.482 e. The molecule has 0 unspecified atom stereocenters. The van der Waals surface area contributed by atoms with Crippen LogP contribution < -0.4 is 10.5 Å². The lowest BCUT2D eigenvalue weighted by molar-refractivity contribution is 0.0393. The number of para-hydroxylation sites is 1. The fourth-order valence-corrected chi connectivity index (χ4v) is 3.03. The van der Waals surface area contributed by atoms with Gasteiger partial charge in [-0.1, -0.05) is 24.3 Å². The molecule has 1 aromatic rings. The Hall–Kier alpha value is -1.32. The van der Waals surface area contributed by atoms with Gasteiger partial charge in [-0.15, -0.1) is 0 Å². The molecule has 0 aromatic heterocycles. The third kappa shape index (κ3) is 2.40. The third-order valence-electron chi connectivity index (χ3n) is 4.26. The van der Waals surface area contributed by atoms with Gasteiger partial charge in [-0.2, -0.15) is 0 Å². The molecule has 2 aliphatic rings. The van der Waals surface area contributed by atoms with Crippen molar-refractivity contribution in [3.05, 3.63) is 35.4 Å². The van der Waals surface area contributed by atoms with Crippen molar-refractivity contribution in [2.45, 2.75) is 25.4 Å². The van der Waals surface area contributed by atoms with Gasteiger partial charge in [-0.25, -0.2) is 0 Å². The Morgan fingerprint density at radius 2 is 2.11 bits per heavy atom.